The average Bonchev–Trinajstić information content (AvgIpc) is 2.24. The third-order valence-corrected chi connectivity index (χ3v) is 2.22. The van der Waals surface area contributed by atoms with Gasteiger partial charge in [-0.05, 0) is 18.8 Å². The molecule has 0 aliphatic carbocycles. The number of aliphatic carboxylic acids is 1. The minimum Gasteiger partial charge on any atom is -0.480 e. The van der Waals surface area contributed by atoms with Crippen molar-refractivity contribution in [3.05, 3.63) is 0 Å². The van der Waals surface area contributed by atoms with E-state index < -0.39 is 30.0 Å². The highest BCUT2D eigenvalue weighted by molar-refractivity contribution is 5.88. The van der Waals surface area contributed by atoms with E-state index in [2.05, 4.69) is 4.74 Å². The van der Waals surface area contributed by atoms with Crippen LogP contribution in [-0.2, 0) is 19.1 Å². The van der Waals surface area contributed by atoms with Crippen molar-refractivity contribution in [2.24, 2.45) is 17.4 Å². The van der Waals surface area contributed by atoms with Gasteiger partial charge in [-0.25, -0.2) is 4.79 Å². The highest BCUT2D eigenvalue weighted by Crippen LogP contribution is 2.05. The summed E-state index contributed by atoms with van der Waals surface area (Å²) in [6, 6.07) is -1.99. The number of esters is 2. The SMILES string of the molecule is CC(C)C[C@H](N)C(=O)OC(=O)CC[C@@H](N)C(=O)O. The molecule has 0 fully saturated rings. The number of carbonyl (C=O) groups excluding carboxylic acids is 2. The minimum absolute atomic E-state index is 0.0825. The Kier molecular flexibility index (Phi) is 7.14. The highest BCUT2D eigenvalue weighted by atomic mass is 16.6. The smallest absolute Gasteiger partial charge is 0.330 e. The average molecular weight is 260 g/mol. The van der Waals surface area contributed by atoms with E-state index in [0.717, 1.165) is 0 Å². The first-order valence-corrected chi connectivity index (χ1v) is 5.72. The largest absolute Gasteiger partial charge is 0.480 e. The van der Waals surface area contributed by atoms with Crippen molar-refractivity contribution >= 4 is 17.9 Å². The van der Waals surface area contributed by atoms with Crippen molar-refractivity contribution in [2.45, 2.75) is 45.2 Å². The summed E-state index contributed by atoms with van der Waals surface area (Å²) in [5, 5.41) is 8.50. The second-order valence-corrected chi connectivity index (χ2v) is 4.51. The summed E-state index contributed by atoms with van der Waals surface area (Å²) in [5.41, 5.74) is 10.7. The molecule has 2 atom stereocenters. The fraction of sp³-hybridized carbons (Fsp3) is 0.727. The molecule has 7 nitrogen and oxygen atoms in total. The molecule has 0 saturated heterocycles. The third kappa shape index (κ3) is 6.97. The number of hydrogen-bond acceptors (Lipinski definition) is 6. The van der Waals surface area contributed by atoms with Gasteiger partial charge in [0, 0.05) is 6.42 Å². The standard InChI is InChI=1S/C11H20N2O5/c1-6(2)5-8(13)11(17)18-9(14)4-3-7(12)10(15)16/h6-8H,3-5,12-13H2,1-2H3,(H,15,16)/t7-,8+/m1/s1. The van der Waals surface area contributed by atoms with Crippen LogP contribution in [0.3, 0.4) is 0 Å². The lowest BCUT2D eigenvalue weighted by atomic mass is 10.1. The van der Waals surface area contributed by atoms with Crippen LogP contribution in [0.1, 0.15) is 33.1 Å². The molecule has 0 unspecified atom stereocenters. The summed E-state index contributed by atoms with van der Waals surface area (Å²) >= 11 is 0. The highest BCUT2D eigenvalue weighted by Gasteiger charge is 2.21. The zero-order valence-electron chi connectivity index (χ0n) is 10.6. The molecule has 0 aromatic rings. The molecule has 0 heterocycles. The van der Waals surface area contributed by atoms with Gasteiger partial charge in [0.1, 0.15) is 12.1 Å². The third-order valence-electron chi connectivity index (χ3n) is 2.22. The van der Waals surface area contributed by atoms with Gasteiger partial charge in [0.2, 0.25) is 0 Å². The van der Waals surface area contributed by atoms with Crippen LogP contribution in [0, 0.1) is 5.92 Å². The monoisotopic (exact) mass is 260 g/mol. The molecule has 5 N–H and O–H groups in total. The van der Waals surface area contributed by atoms with Crippen LogP contribution in [0.25, 0.3) is 0 Å². The van der Waals surface area contributed by atoms with Crippen LogP contribution in [0.15, 0.2) is 0 Å². The van der Waals surface area contributed by atoms with Crippen molar-refractivity contribution in [1.29, 1.82) is 0 Å². The van der Waals surface area contributed by atoms with Crippen LogP contribution in [0.2, 0.25) is 0 Å². The Morgan fingerprint density at radius 1 is 1.17 bits per heavy atom. The predicted molar refractivity (Wildman–Crippen MR) is 63.4 cm³/mol. The quantitative estimate of drug-likeness (QED) is 0.419. The summed E-state index contributed by atoms with van der Waals surface area (Å²) < 4.78 is 4.49. The van der Waals surface area contributed by atoms with Crippen molar-refractivity contribution in [3.63, 3.8) is 0 Å². The lowest BCUT2D eigenvalue weighted by Crippen LogP contribution is -2.35. The van der Waals surface area contributed by atoms with Gasteiger partial charge >= 0.3 is 17.9 Å². The molecule has 0 aliphatic heterocycles. The van der Waals surface area contributed by atoms with Gasteiger partial charge < -0.3 is 21.3 Å². The van der Waals surface area contributed by atoms with Gasteiger partial charge in [-0.1, -0.05) is 13.8 Å². The van der Waals surface area contributed by atoms with Gasteiger partial charge in [-0.15, -0.1) is 0 Å². The van der Waals surface area contributed by atoms with E-state index >= 15 is 0 Å². The molecule has 0 aliphatic rings. The van der Waals surface area contributed by atoms with Crippen molar-refractivity contribution in [3.8, 4) is 0 Å². The topological polar surface area (TPSA) is 133 Å². The number of nitrogens with two attached hydrogens (primary N) is 2. The van der Waals surface area contributed by atoms with Crippen LogP contribution in [-0.4, -0.2) is 35.1 Å². The van der Waals surface area contributed by atoms with Crippen molar-refractivity contribution < 1.29 is 24.2 Å². The fourth-order valence-electron chi connectivity index (χ4n) is 1.24. The van der Waals surface area contributed by atoms with Gasteiger partial charge in [0.15, 0.2) is 0 Å². The Hall–Kier alpha value is -1.47. The molecular weight excluding hydrogens is 240 g/mol. The van der Waals surface area contributed by atoms with Gasteiger partial charge in [0.05, 0.1) is 0 Å². The fourth-order valence-corrected chi connectivity index (χ4v) is 1.24. The zero-order chi connectivity index (χ0) is 14.3. The predicted octanol–water partition coefficient (Wildman–Crippen LogP) is -0.378. The Labute approximate surface area is 105 Å². The number of rotatable bonds is 7. The molecule has 104 valence electrons. The Balaban J connectivity index is 4.01. The van der Waals surface area contributed by atoms with Crippen LogP contribution in [0.4, 0.5) is 0 Å². The summed E-state index contributed by atoms with van der Waals surface area (Å²) in [4.78, 5) is 33.0. The second kappa shape index (κ2) is 7.78. The Morgan fingerprint density at radius 3 is 2.17 bits per heavy atom. The summed E-state index contributed by atoms with van der Waals surface area (Å²) in [7, 11) is 0. The summed E-state index contributed by atoms with van der Waals surface area (Å²) in [6.07, 6.45) is 0.106. The maximum atomic E-state index is 11.4. The number of carboxylic acid groups (broad SMARTS) is 1. The van der Waals surface area contributed by atoms with E-state index in [9.17, 15) is 14.4 Å². The maximum absolute atomic E-state index is 11.4. The van der Waals surface area contributed by atoms with Crippen LogP contribution < -0.4 is 11.5 Å². The number of carboxylic acids is 1. The lowest BCUT2D eigenvalue weighted by molar-refractivity contribution is -0.161. The zero-order valence-corrected chi connectivity index (χ0v) is 10.6. The molecule has 0 radical (unpaired) electrons. The van der Waals surface area contributed by atoms with Crippen LogP contribution >= 0.6 is 0 Å². The number of ether oxygens (including phenoxy) is 1. The van der Waals surface area contributed by atoms with Crippen molar-refractivity contribution in [2.75, 3.05) is 0 Å². The number of hydrogen-bond donors (Lipinski definition) is 3. The summed E-state index contributed by atoms with van der Waals surface area (Å²) in [6.45, 7) is 3.78. The van der Waals surface area contributed by atoms with E-state index in [1.54, 1.807) is 0 Å². The normalized spacial score (nSPS) is 14.1. The van der Waals surface area contributed by atoms with Gasteiger partial charge in [-0.2, -0.15) is 0 Å². The Morgan fingerprint density at radius 2 is 1.72 bits per heavy atom. The molecular formula is C11H20N2O5. The second-order valence-electron chi connectivity index (χ2n) is 4.51. The first kappa shape index (κ1) is 16.5. The van der Waals surface area contributed by atoms with E-state index in [1.165, 1.54) is 0 Å². The molecule has 0 bridgehead atoms. The van der Waals surface area contributed by atoms with Gasteiger partial charge in [0.25, 0.3) is 0 Å². The number of carbonyl (C=O) groups is 3. The first-order valence-electron chi connectivity index (χ1n) is 5.72. The van der Waals surface area contributed by atoms with E-state index in [-0.39, 0.29) is 18.8 Å². The minimum atomic E-state index is -1.20. The maximum Gasteiger partial charge on any atom is 0.330 e. The summed E-state index contributed by atoms with van der Waals surface area (Å²) in [5.74, 6) is -2.60. The molecule has 0 aromatic carbocycles. The Bertz CT molecular complexity index is 317. The molecule has 0 amide bonds. The molecule has 0 saturated carbocycles. The first-order chi connectivity index (χ1) is 8.23. The molecule has 0 rings (SSSR count). The van der Waals surface area contributed by atoms with Crippen LogP contribution in [0.5, 0.6) is 0 Å². The van der Waals surface area contributed by atoms with E-state index in [4.69, 9.17) is 16.6 Å². The lowest BCUT2D eigenvalue weighted by Gasteiger charge is -2.12. The van der Waals surface area contributed by atoms with E-state index in [1.807, 2.05) is 13.8 Å². The molecule has 18 heavy (non-hydrogen) atoms. The molecule has 0 spiro atoms. The molecule has 0 aromatic heterocycles. The van der Waals surface area contributed by atoms with Crippen molar-refractivity contribution in [1.82, 2.24) is 0 Å². The molecule has 7 heteroatoms. The van der Waals surface area contributed by atoms with E-state index in [0.29, 0.717) is 6.42 Å². The van der Waals surface area contributed by atoms with Gasteiger partial charge in [-0.3, -0.25) is 9.59 Å².